The number of rotatable bonds is 5. The fraction of sp³-hybridized carbons (Fsp3) is 0.667. The second-order valence-corrected chi connectivity index (χ2v) is 10.0. The van der Waals surface area contributed by atoms with Crippen LogP contribution in [0.4, 0.5) is 0 Å². The van der Waals surface area contributed by atoms with Crippen LogP contribution in [-0.4, -0.2) is 78.3 Å². The fourth-order valence-electron chi connectivity index (χ4n) is 4.42. The van der Waals surface area contributed by atoms with Gasteiger partial charge in [0.2, 0.25) is 15.9 Å². The number of sulfonamides is 1. The molecule has 2 aliphatic heterocycles. The summed E-state index contributed by atoms with van der Waals surface area (Å²) in [5, 5.41) is 0. The molecule has 1 aromatic rings. The van der Waals surface area contributed by atoms with E-state index in [2.05, 4.69) is 4.98 Å². The zero-order valence-corrected chi connectivity index (χ0v) is 17.3. The Morgan fingerprint density at radius 1 is 1.33 bits per heavy atom. The lowest BCUT2D eigenvalue weighted by molar-refractivity contribution is -0.129. The molecule has 9 heteroatoms. The highest BCUT2D eigenvalue weighted by atomic mass is 32.2. The molecule has 1 N–H and O–H groups in total. The summed E-state index contributed by atoms with van der Waals surface area (Å²) >= 11 is 0. The first-order chi connectivity index (χ1) is 12.5. The normalized spacial score (nSPS) is 25.7. The lowest BCUT2D eigenvalue weighted by Gasteiger charge is -2.29. The van der Waals surface area contributed by atoms with E-state index in [9.17, 15) is 18.0 Å². The minimum atomic E-state index is -3.66. The molecule has 3 rings (SSSR count). The van der Waals surface area contributed by atoms with Crippen molar-refractivity contribution in [3.63, 3.8) is 0 Å². The van der Waals surface area contributed by atoms with Crippen molar-refractivity contribution in [2.45, 2.75) is 38.9 Å². The molecule has 3 atom stereocenters. The number of H-pyrrole nitrogens is 1. The molecule has 1 aromatic heterocycles. The van der Waals surface area contributed by atoms with Gasteiger partial charge in [0, 0.05) is 18.8 Å². The van der Waals surface area contributed by atoms with Gasteiger partial charge in [0.25, 0.3) is 5.91 Å². The Hall–Kier alpha value is -1.87. The molecule has 2 fully saturated rings. The van der Waals surface area contributed by atoms with E-state index in [4.69, 9.17) is 0 Å². The van der Waals surface area contributed by atoms with Crippen LogP contribution in [0.2, 0.25) is 0 Å². The van der Waals surface area contributed by atoms with Gasteiger partial charge in [-0.2, -0.15) is 0 Å². The lowest BCUT2D eigenvalue weighted by Crippen LogP contribution is -2.44. The summed E-state index contributed by atoms with van der Waals surface area (Å²) in [5.41, 5.74) is 1.40. The Kier molecular flexibility index (Phi) is 5.11. The predicted molar refractivity (Wildman–Crippen MR) is 101 cm³/mol. The summed E-state index contributed by atoms with van der Waals surface area (Å²) in [7, 11) is 0.235. The molecular weight excluding hydrogens is 368 g/mol. The van der Waals surface area contributed by atoms with Gasteiger partial charge in [-0.25, -0.2) is 12.7 Å². The fourth-order valence-corrected chi connectivity index (χ4v) is 5.59. The molecular formula is C18H28N4O4S. The van der Waals surface area contributed by atoms with Crippen LogP contribution in [-0.2, 0) is 21.4 Å². The average Bonchev–Trinajstić information content (AvgIpc) is 3.18. The van der Waals surface area contributed by atoms with Crippen LogP contribution < -0.4 is 0 Å². The standard InChI is InChI=1S/C18H28N4O4S/c1-11(2)15-16-14(22(18(15)24)27(5,25)26)8-9-21(16)17(23)13-7-6-12(19-13)10-20(3)4/h6-7,11,14-16,19H,8-10H2,1-5H3/t14-,15+,16-/m1/s1. The third kappa shape index (κ3) is 3.50. The molecule has 3 heterocycles. The predicted octanol–water partition coefficient (Wildman–Crippen LogP) is 0.733. The maximum absolute atomic E-state index is 13.1. The van der Waals surface area contributed by atoms with E-state index in [-0.39, 0.29) is 17.7 Å². The smallest absolute Gasteiger partial charge is 0.270 e. The van der Waals surface area contributed by atoms with Crippen molar-refractivity contribution in [3.05, 3.63) is 23.5 Å². The van der Waals surface area contributed by atoms with Gasteiger partial charge in [0.15, 0.2) is 0 Å². The number of aromatic nitrogens is 1. The first kappa shape index (κ1) is 19.9. The van der Waals surface area contributed by atoms with Crippen molar-refractivity contribution < 1.29 is 18.0 Å². The van der Waals surface area contributed by atoms with Gasteiger partial charge in [-0.05, 0) is 38.6 Å². The Morgan fingerprint density at radius 2 is 2.00 bits per heavy atom. The molecule has 8 nitrogen and oxygen atoms in total. The van der Waals surface area contributed by atoms with E-state index < -0.39 is 28.0 Å². The molecule has 0 unspecified atom stereocenters. The number of fused-ring (bicyclic) bond motifs is 1. The molecule has 2 amide bonds. The van der Waals surface area contributed by atoms with E-state index in [0.717, 1.165) is 16.3 Å². The van der Waals surface area contributed by atoms with Crippen LogP contribution in [0.1, 0.15) is 36.5 Å². The number of carbonyl (C=O) groups is 2. The number of hydrogen-bond acceptors (Lipinski definition) is 5. The minimum Gasteiger partial charge on any atom is -0.353 e. The van der Waals surface area contributed by atoms with Crippen LogP contribution in [0.25, 0.3) is 0 Å². The molecule has 2 saturated heterocycles. The first-order valence-corrected chi connectivity index (χ1v) is 11.0. The summed E-state index contributed by atoms with van der Waals surface area (Å²) in [4.78, 5) is 32.8. The molecule has 0 spiro atoms. The molecule has 0 radical (unpaired) electrons. The maximum Gasteiger partial charge on any atom is 0.270 e. The second-order valence-electron chi connectivity index (χ2n) is 8.15. The average molecular weight is 397 g/mol. The first-order valence-electron chi connectivity index (χ1n) is 9.19. The Bertz CT molecular complexity index is 845. The number of aromatic amines is 1. The van der Waals surface area contributed by atoms with Gasteiger partial charge in [0.05, 0.1) is 24.3 Å². The van der Waals surface area contributed by atoms with Crippen molar-refractivity contribution >= 4 is 21.8 Å². The number of hydrogen-bond donors (Lipinski definition) is 1. The number of carbonyl (C=O) groups excluding carboxylic acids is 2. The lowest BCUT2D eigenvalue weighted by atomic mass is 9.88. The van der Waals surface area contributed by atoms with Gasteiger partial charge in [0.1, 0.15) is 5.69 Å². The highest BCUT2D eigenvalue weighted by Crippen LogP contribution is 2.41. The van der Waals surface area contributed by atoms with Gasteiger partial charge < -0.3 is 14.8 Å². The minimum absolute atomic E-state index is 0.0573. The third-order valence-corrected chi connectivity index (χ3v) is 6.56. The summed E-state index contributed by atoms with van der Waals surface area (Å²) < 4.78 is 25.4. The van der Waals surface area contributed by atoms with E-state index >= 15 is 0 Å². The molecule has 27 heavy (non-hydrogen) atoms. The van der Waals surface area contributed by atoms with E-state index in [1.807, 2.05) is 38.9 Å². The molecule has 150 valence electrons. The third-order valence-electron chi connectivity index (χ3n) is 5.39. The van der Waals surface area contributed by atoms with Crippen molar-refractivity contribution in [1.29, 1.82) is 0 Å². The SMILES string of the molecule is CC(C)[C@@H]1C(=O)N(S(C)(=O)=O)[C@@H]2CCN(C(=O)c3ccc(CN(C)C)[nH]3)[C@H]21. The number of likely N-dealkylation sites (tertiary alicyclic amines) is 1. The molecule has 0 saturated carbocycles. The summed E-state index contributed by atoms with van der Waals surface area (Å²) in [6.45, 7) is 4.93. The number of amides is 2. The van der Waals surface area contributed by atoms with Crippen molar-refractivity contribution in [3.8, 4) is 0 Å². The van der Waals surface area contributed by atoms with Crippen molar-refractivity contribution in [1.82, 2.24) is 19.1 Å². The molecule has 0 bridgehead atoms. The van der Waals surface area contributed by atoms with Gasteiger partial charge in [-0.15, -0.1) is 0 Å². The van der Waals surface area contributed by atoms with Crippen LogP contribution in [0.3, 0.4) is 0 Å². The van der Waals surface area contributed by atoms with E-state index in [1.165, 1.54) is 0 Å². The highest BCUT2D eigenvalue weighted by molar-refractivity contribution is 7.88. The Balaban J connectivity index is 1.91. The van der Waals surface area contributed by atoms with Crippen molar-refractivity contribution in [2.75, 3.05) is 26.9 Å². The van der Waals surface area contributed by atoms with Crippen LogP contribution in [0.15, 0.2) is 12.1 Å². The second kappa shape index (κ2) is 6.94. The van der Waals surface area contributed by atoms with Crippen molar-refractivity contribution in [2.24, 2.45) is 11.8 Å². The summed E-state index contributed by atoms with van der Waals surface area (Å²) in [6, 6.07) is 2.74. The highest BCUT2D eigenvalue weighted by Gasteiger charge is 2.58. The molecule has 0 aliphatic carbocycles. The summed E-state index contributed by atoms with van der Waals surface area (Å²) in [5.74, 6) is -1.13. The number of nitrogens with zero attached hydrogens (tertiary/aromatic N) is 3. The van der Waals surface area contributed by atoms with Gasteiger partial charge >= 0.3 is 0 Å². The largest absolute Gasteiger partial charge is 0.353 e. The zero-order valence-electron chi connectivity index (χ0n) is 16.5. The quantitative estimate of drug-likeness (QED) is 0.792. The maximum atomic E-state index is 13.1. The topological polar surface area (TPSA) is 93.8 Å². The van der Waals surface area contributed by atoms with E-state index in [0.29, 0.717) is 25.2 Å². The van der Waals surface area contributed by atoms with Crippen LogP contribution in [0, 0.1) is 11.8 Å². The zero-order chi connectivity index (χ0) is 20.1. The monoisotopic (exact) mass is 396 g/mol. The van der Waals surface area contributed by atoms with Gasteiger partial charge in [-0.3, -0.25) is 9.59 Å². The van der Waals surface area contributed by atoms with Crippen LogP contribution >= 0.6 is 0 Å². The Labute approximate surface area is 160 Å². The summed E-state index contributed by atoms with van der Waals surface area (Å²) in [6.07, 6.45) is 1.54. The molecule has 2 aliphatic rings. The molecule has 0 aromatic carbocycles. The van der Waals surface area contributed by atoms with Gasteiger partial charge in [-0.1, -0.05) is 13.8 Å². The van der Waals surface area contributed by atoms with Crippen LogP contribution in [0.5, 0.6) is 0 Å². The Morgan fingerprint density at radius 3 is 2.56 bits per heavy atom. The number of nitrogens with one attached hydrogen (secondary N) is 1. The van der Waals surface area contributed by atoms with E-state index in [1.54, 1.807) is 11.0 Å².